The van der Waals surface area contributed by atoms with Gasteiger partial charge in [0.05, 0.1) is 0 Å². The summed E-state index contributed by atoms with van der Waals surface area (Å²) in [5.74, 6) is -0.847. The van der Waals surface area contributed by atoms with Crippen molar-refractivity contribution in [2.45, 2.75) is 32.2 Å². The summed E-state index contributed by atoms with van der Waals surface area (Å²) in [5.41, 5.74) is 1.72. The second kappa shape index (κ2) is 4.57. The SMILES string of the molecule is CN(c1ccc2c(c1)CCC(=O)N2)C(C)(C)C(=O)O. The summed E-state index contributed by atoms with van der Waals surface area (Å²) in [4.78, 5) is 24.3. The van der Waals surface area contributed by atoms with E-state index in [0.29, 0.717) is 12.8 Å². The van der Waals surface area contributed by atoms with Crippen LogP contribution in [0, 0.1) is 0 Å². The Morgan fingerprint density at radius 1 is 1.37 bits per heavy atom. The summed E-state index contributed by atoms with van der Waals surface area (Å²) >= 11 is 0. The van der Waals surface area contributed by atoms with Gasteiger partial charge < -0.3 is 15.3 Å². The number of hydrogen-bond acceptors (Lipinski definition) is 3. The number of carboxylic acid groups (broad SMARTS) is 1. The second-order valence-corrected chi connectivity index (χ2v) is 5.31. The normalized spacial score (nSPS) is 14.6. The quantitative estimate of drug-likeness (QED) is 0.872. The third-order valence-corrected chi connectivity index (χ3v) is 3.73. The van der Waals surface area contributed by atoms with Gasteiger partial charge in [-0.1, -0.05) is 0 Å². The number of aliphatic carboxylic acids is 1. The summed E-state index contributed by atoms with van der Waals surface area (Å²) in [6, 6.07) is 5.60. The minimum atomic E-state index is -0.980. The van der Waals surface area contributed by atoms with Gasteiger partial charge in [-0.25, -0.2) is 4.79 Å². The van der Waals surface area contributed by atoms with E-state index in [-0.39, 0.29) is 5.91 Å². The number of aryl methyl sites for hydroxylation is 1. The lowest BCUT2D eigenvalue weighted by Gasteiger charge is -2.34. The number of carboxylic acids is 1. The van der Waals surface area contributed by atoms with Crippen LogP contribution in [0.25, 0.3) is 0 Å². The van der Waals surface area contributed by atoms with Gasteiger partial charge in [0.15, 0.2) is 0 Å². The fraction of sp³-hybridized carbons (Fsp3) is 0.429. The number of anilines is 2. The summed E-state index contributed by atoms with van der Waals surface area (Å²) in [7, 11) is 1.76. The van der Waals surface area contributed by atoms with Crippen LogP contribution in [0.4, 0.5) is 11.4 Å². The highest BCUT2D eigenvalue weighted by atomic mass is 16.4. The number of rotatable bonds is 3. The molecule has 0 saturated heterocycles. The minimum absolute atomic E-state index is 0.0273. The molecule has 1 aliphatic heterocycles. The lowest BCUT2D eigenvalue weighted by molar-refractivity contribution is -0.142. The first kappa shape index (κ1) is 13.4. The Hall–Kier alpha value is -2.04. The zero-order chi connectivity index (χ0) is 14.2. The molecule has 2 N–H and O–H groups in total. The molecule has 0 bridgehead atoms. The van der Waals surface area contributed by atoms with Gasteiger partial charge in [-0.3, -0.25) is 4.79 Å². The molecule has 19 heavy (non-hydrogen) atoms. The standard InChI is InChI=1S/C14H18N2O3/c1-14(2,13(18)19)16(3)10-5-6-11-9(8-10)4-7-12(17)15-11/h5-6,8H,4,7H2,1-3H3,(H,15,17)(H,18,19). The van der Waals surface area contributed by atoms with Gasteiger partial charge in [-0.15, -0.1) is 0 Å². The molecule has 1 aromatic rings. The van der Waals surface area contributed by atoms with Crippen molar-refractivity contribution in [2.75, 3.05) is 17.3 Å². The summed E-state index contributed by atoms with van der Waals surface area (Å²) < 4.78 is 0. The highest BCUT2D eigenvalue weighted by Crippen LogP contribution is 2.30. The van der Waals surface area contributed by atoms with E-state index < -0.39 is 11.5 Å². The van der Waals surface area contributed by atoms with Gasteiger partial charge >= 0.3 is 5.97 Å². The van der Waals surface area contributed by atoms with E-state index in [1.54, 1.807) is 25.8 Å². The number of fused-ring (bicyclic) bond motifs is 1. The molecule has 0 aliphatic carbocycles. The molecular weight excluding hydrogens is 244 g/mol. The van der Waals surface area contributed by atoms with Crippen molar-refractivity contribution in [3.8, 4) is 0 Å². The van der Waals surface area contributed by atoms with E-state index in [0.717, 1.165) is 16.9 Å². The smallest absolute Gasteiger partial charge is 0.328 e. The number of carbonyl (C=O) groups is 2. The number of nitrogens with one attached hydrogen (secondary N) is 1. The summed E-state index contributed by atoms with van der Waals surface area (Å²) in [6.45, 7) is 3.33. The topological polar surface area (TPSA) is 69.6 Å². The van der Waals surface area contributed by atoms with Crippen molar-refractivity contribution in [3.63, 3.8) is 0 Å². The molecule has 0 spiro atoms. The fourth-order valence-electron chi connectivity index (χ4n) is 2.04. The van der Waals surface area contributed by atoms with E-state index in [2.05, 4.69) is 5.32 Å². The van der Waals surface area contributed by atoms with Crippen molar-refractivity contribution in [1.82, 2.24) is 0 Å². The van der Waals surface area contributed by atoms with Crippen LogP contribution in [0.1, 0.15) is 25.8 Å². The van der Waals surface area contributed by atoms with E-state index >= 15 is 0 Å². The predicted molar refractivity (Wildman–Crippen MR) is 73.5 cm³/mol. The lowest BCUT2D eigenvalue weighted by atomic mass is 9.99. The number of carbonyl (C=O) groups excluding carboxylic acids is 1. The van der Waals surface area contributed by atoms with Crippen molar-refractivity contribution in [1.29, 1.82) is 0 Å². The lowest BCUT2D eigenvalue weighted by Crippen LogP contribution is -2.48. The number of benzene rings is 1. The average Bonchev–Trinajstić information content (AvgIpc) is 2.37. The van der Waals surface area contributed by atoms with Gasteiger partial charge in [0.2, 0.25) is 5.91 Å². The van der Waals surface area contributed by atoms with E-state index in [4.69, 9.17) is 0 Å². The van der Waals surface area contributed by atoms with Crippen LogP contribution in [-0.2, 0) is 16.0 Å². The molecular formula is C14H18N2O3. The van der Waals surface area contributed by atoms with Crippen molar-refractivity contribution in [2.24, 2.45) is 0 Å². The van der Waals surface area contributed by atoms with Crippen LogP contribution in [-0.4, -0.2) is 29.6 Å². The number of likely N-dealkylation sites (N-methyl/N-ethyl adjacent to an activating group) is 1. The van der Waals surface area contributed by atoms with Gasteiger partial charge in [0, 0.05) is 24.8 Å². The molecule has 0 fully saturated rings. The van der Waals surface area contributed by atoms with Crippen LogP contribution >= 0.6 is 0 Å². The fourth-order valence-corrected chi connectivity index (χ4v) is 2.04. The van der Waals surface area contributed by atoms with Gasteiger partial charge in [-0.2, -0.15) is 0 Å². The molecule has 5 nitrogen and oxygen atoms in total. The molecule has 1 heterocycles. The Bertz CT molecular complexity index is 537. The Balaban J connectivity index is 2.32. The molecule has 5 heteroatoms. The molecule has 102 valence electrons. The number of nitrogens with zero attached hydrogens (tertiary/aromatic N) is 1. The largest absolute Gasteiger partial charge is 0.480 e. The Morgan fingerprint density at radius 2 is 2.05 bits per heavy atom. The maximum atomic E-state index is 11.3. The zero-order valence-electron chi connectivity index (χ0n) is 11.4. The molecule has 2 rings (SSSR count). The third-order valence-electron chi connectivity index (χ3n) is 3.73. The molecule has 0 saturated carbocycles. The number of hydrogen-bond donors (Lipinski definition) is 2. The molecule has 0 radical (unpaired) electrons. The van der Waals surface area contributed by atoms with Crippen LogP contribution in [0.3, 0.4) is 0 Å². The Morgan fingerprint density at radius 3 is 2.68 bits per heavy atom. The highest BCUT2D eigenvalue weighted by molar-refractivity contribution is 5.94. The maximum Gasteiger partial charge on any atom is 0.328 e. The van der Waals surface area contributed by atoms with Gasteiger partial charge in [0.25, 0.3) is 0 Å². The highest BCUT2D eigenvalue weighted by Gasteiger charge is 2.32. The zero-order valence-corrected chi connectivity index (χ0v) is 11.4. The first-order valence-electron chi connectivity index (χ1n) is 6.22. The Labute approximate surface area is 112 Å². The van der Waals surface area contributed by atoms with Gasteiger partial charge in [-0.05, 0) is 44.0 Å². The van der Waals surface area contributed by atoms with Gasteiger partial charge in [0.1, 0.15) is 5.54 Å². The predicted octanol–water partition coefficient (Wildman–Crippen LogP) is 1.87. The van der Waals surface area contributed by atoms with Crippen LogP contribution < -0.4 is 10.2 Å². The molecule has 0 aromatic heterocycles. The van der Waals surface area contributed by atoms with Crippen molar-refractivity contribution < 1.29 is 14.7 Å². The summed E-state index contributed by atoms with van der Waals surface area (Å²) in [6.07, 6.45) is 1.17. The van der Waals surface area contributed by atoms with Crippen LogP contribution in [0.2, 0.25) is 0 Å². The summed E-state index contributed by atoms with van der Waals surface area (Å²) in [5, 5.41) is 12.1. The van der Waals surface area contributed by atoms with Crippen molar-refractivity contribution >= 4 is 23.3 Å². The van der Waals surface area contributed by atoms with Crippen LogP contribution in [0.15, 0.2) is 18.2 Å². The first-order valence-corrected chi connectivity index (χ1v) is 6.22. The molecule has 0 atom stereocenters. The number of amides is 1. The van der Waals surface area contributed by atoms with E-state index in [9.17, 15) is 14.7 Å². The first-order chi connectivity index (χ1) is 8.82. The van der Waals surface area contributed by atoms with E-state index in [1.807, 2.05) is 18.2 Å². The molecule has 1 aliphatic rings. The Kier molecular flexibility index (Phi) is 3.22. The molecule has 1 amide bonds. The average molecular weight is 262 g/mol. The van der Waals surface area contributed by atoms with Crippen molar-refractivity contribution in [3.05, 3.63) is 23.8 Å². The third kappa shape index (κ3) is 2.41. The van der Waals surface area contributed by atoms with Crippen LogP contribution in [0.5, 0.6) is 0 Å². The molecule has 0 unspecified atom stereocenters. The second-order valence-electron chi connectivity index (χ2n) is 5.31. The maximum absolute atomic E-state index is 11.3. The molecule has 1 aromatic carbocycles. The minimum Gasteiger partial charge on any atom is -0.480 e. The monoisotopic (exact) mass is 262 g/mol. The van der Waals surface area contributed by atoms with E-state index in [1.165, 1.54) is 0 Å².